The lowest BCUT2D eigenvalue weighted by Gasteiger charge is -2.18. The van der Waals surface area contributed by atoms with E-state index in [0.717, 1.165) is 5.56 Å². The van der Waals surface area contributed by atoms with Gasteiger partial charge in [-0.15, -0.1) is 0 Å². The maximum Gasteiger partial charge on any atom is 0.252 e. The summed E-state index contributed by atoms with van der Waals surface area (Å²) in [6, 6.07) is 5.22. The molecule has 1 atom stereocenters. The number of nitrogens with zero attached hydrogens (tertiary/aromatic N) is 2. The Labute approximate surface area is 150 Å². The number of ether oxygens (including phenoxy) is 1. The van der Waals surface area contributed by atoms with E-state index in [9.17, 15) is 4.79 Å². The van der Waals surface area contributed by atoms with Crippen molar-refractivity contribution in [2.75, 3.05) is 13.2 Å². The van der Waals surface area contributed by atoms with Gasteiger partial charge in [-0.3, -0.25) is 20.6 Å². The number of carbonyl (C=O) groups excluding carboxylic acids is 1. The third-order valence-corrected chi connectivity index (χ3v) is 4.20. The minimum absolute atomic E-state index is 0.0219. The maximum absolute atomic E-state index is 11.3. The van der Waals surface area contributed by atoms with E-state index in [4.69, 9.17) is 33.2 Å². The number of halogens is 2. The third kappa shape index (κ3) is 4.40. The van der Waals surface area contributed by atoms with Gasteiger partial charge >= 0.3 is 0 Å². The number of benzene rings is 1. The Hall–Kier alpha value is -2.23. The minimum atomic E-state index is -0.417. The Bertz CT molecular complexity index is 713. The van der Waals surface area contributed by atoms with Gasteiger partial charge < -0.3 is 4.74 Å². The number of amides is 1. The Morgan fingerprint density at radius 1 is 1.54 bits per heavy atom. The van der Waals surface area contributed by atoms with Gasteiger partial charge in [-0.25, -0.2) is 0 Å². The Morgan fingerprint density at radius 3 is 3.04 bits per heavy atom. The molecule has 2 N–H and O–H groups in total. The molecule has 1 amide bonds. The lowest BCUT2D eigenvalue weighted by molar-refractivity contribution is -0.120. The van der Waals surface area contributed by atoms with Crippen LogP contribution in [0.2, 0.25) is 10.0 Å². The zero-order chi connectivity index (χ0) is 17.5. The average Bonchev–Trinajstić information content (AvgIpc) is 3.03. The highest BCUT2D eigenvalue weighted by atomic mass is 35.5. The first-order valence-electron chi connectivity index (χ1n) is 7.23. The van der Waals surface area contributed by atoms with E-state index in [1.54, 1.807) is 24.3 Å². The van der Waals surface area contributed by atoms with Crippen LogP contribution in [0.4, 0.5) is 0 Å². The van der Waals surface area contributed by atoms with Gasteiger partial charge in [-0.2, -0.15) is 5.26 Å². The first-order chi connectivity index (χ1) is 11.6. The average molecular weight is 367 g/mol. The van der Waals surface area contributed by atoms with Crippen molar-refractivity contribution in [1.29, 1.82) is 5.26 Å². The van der Waals surface area contributed by atoms with E-state index in [2.05, 4.69) is 22.4 Å². The van der Waals surface area contributed by atoms with Gasteiger partial charge in [0, 0.05) is 24.4 Å². The molecule has 1 aromatic carbocycles. The molecule has 0 aliphatic carbocycles. The quantitative estimate of drug-likeness (QED) is 0.619. The van der Waals surface area contributed by atoms with Crippen molar-refractivity contribution >= 4 is 34.9 Å². The first-order valence-corrected chi connectivity index (χ1v) is 7.99. The highest BCUT2D eigenvalue weighted by Crippen LogP contribution is 2.41. The molecule has 1 aliphatic rings. The van der Waals surface area contributed by atoms with Crippen molar-refractivity contribution < 1.29 is 9.53 Å². The minimum Gasteiger partial charge on any atom is -0.489 e. The molecule has 126 valence electrons. The molecule has 2 rings (SSSR count). The van der Waals surface area contributed by atoms with Crippen LogP contribution >= 0.6 is 23.2 Å². The molecule has 1 unspecified atom stereocenters. The smallest absolute Gasteiger partial charge is 0.252 e. The van der Waals surface area contributed by atoms with Crippen LogP contribution in [0, 0.1) is 11.3 Å². The molecular weight excluding hydrogens is 351 g/mol. The molecule has 0 saturated heterocycles. The van der Waals surface area contributed by atoms with Crippen LogP contribution in [-0.4, -0.2) is 24.9 Å². The van der Waals surface area contributed by atoms with Crippen LogP contribution in [0.25, 0.3) is 0 Å². The van der Waals surface area contributed by atoms with Gasteiger partial charge in [-0.05, 0) is 12.1 Å². The molecule has 24 heavy (non-hydrogen) atoms. The summed E-state index contributed by atoms with van der Waals surface area (Å²) in [5.74, 6) is 0.807. The number of hydrogen-bond acceptors (Lipinski definition) is 5. The molecule has 0 fully saturated rings. The third-order valence-electron chi connectivity index (χ3n) is 3.39. The summed E-state index contributed by atoms with van der Waals surface area (Å²) in [5, 5.41) is 9.34. The number of rotatable bonds is 5. The van der Waals surface area contributed by atoms with Gasteiger partial charge in [0.1, 0.15) is 24.6 Å². The maximum atomic E-state index is 11.3. The zero-order valence-electron chi connectivity index (χ0n) is 12.8. The summed E-state index contributed by atoms with van der Waals surface area (Å²) in [6.45, 7) is 4.47. The molecule has 0 aromatic heterocycles. The second-order valence-corrected chi connectivity index (χ2v) is 5.85. The Morgan fingerprint density at radius 2 is 2.33 bits per heavy atom. The fraction of sp³-hybridized carbons (Fsp3) is 0.312. The monoisotopic (exact) mass is 366 g/mol. The topological polar surface area (TPSA) is 86.5 Å². The summed E-state index contributed by atoms with van der Waals surface area (Å²) in [5.41, 5.74) is 5.94. The molecule has 0 spiro atoms. The zero-order valence-corrected chi connectivity index (χ0v) is 14.3. The van der Waals surface area contributed by atoms with E-state index in [0.29, 0.717) is 41.2 Å². The van der Waals surface area contributed by atoms with Gasteiger partial charge in [0.15, 0.2) is 0 Å². The normalized spacial score (nSPS) is 16.0. The van der Waals surface area contributed by atoms with Crippen LogP contribution < -0.4 is 15.6 Å². The van der Waals surface area contributed by atoms with E-state index < -0.39 is 5.91 Å². The number of hydrazine groups is 1. The summed E-state index contributed by atoms with van der Waals surface area (Å²) >= 11 is 12.5. The fourth-order valence-electron chi connectivity index (χ4n) is 2.33. The lowest BCUT2D eigenvalue weighted by atomic mass is 9.96. The van der Waals surface area contributed by atoms with Crippen molar-refractivity contribution in [1.82, 2.24) is 10.9 Å². The summed E-state index contributed by atoms with van der Waals surface area (Å²) < 4.78 is 5.66. The predicted molar refractivity (Wildman–Crippen MR) is 93.3 cm³/mol. The predicted octanol–water partition coefficient (Wildman–Crippen LogP) is 2.98. The molecule has 0 radical (unpaired) electrons. The molecule has 1 heterocycles. The molecule has 0 bridgehead atoms. The van der Waals surface area contributed by atoms with Crippen LogP contribution in [0.15, 0.2) is 29.8 Å². The summed E-state index contributed by atoms with van der Waals surface area (Å²) in [6.07, 6.45) is 1.97. The number of amidine groups is 1. The van der Waals surface area contributed by atoms with Gasteiger partial charge in [0.05, 0.1) is 16.1 Å². The molecular formula is C16H16Cl2N4O2. The molecule has 1 aromatic rings. The highest BCUT2D eigenvalue weighted by Gasteiger charge is 2.27. The van der Waals surface area contributed by atoms with Crippen molar-refractivity contribution in [3.63, 3.8) is 0 Å². The van der Waals surface area contributed by atoms with Crippen LogP contribution in [0.1, 0.15) is 24.3 Å². The largest absolute Gasteiger partial charge is 0.489 e. The van der Waals surface area contributed by atoms with Crippen molar-refractivity contribution in [2.24, 2.45) is 4.99 Å². The SMILES string of the molecule is C=CCOc1ccc(Cl)c(Cl)c1C1CN=C(NNC(=O)CC#N)C1. The molecule has 8 heteroatoms. The first kappa shape index (κ1) is 18.1. The number of carbonyl (C=O) groups is 1. The Balaban J connectivity index is 2.08. The van der Waals surface area contributed by atoms with E-state index in [1.165, 1.54) is 0 Å². The van der Waals surface area contributed by atoms with Crippen molar-refractivity contribution in [3.8, 4) is 11.8 Å². The van der Waals surface area contributed by atoms with Gasteiger partial charge in [0.2, 0.25) is 0 Å². The molecule has 0 saturated carbocycles. The van der Waals surface area contributed by atoms with E-state index in [-0.39, 0.29) is 12.3 Å². The Kier molecular flexibility index (Phi) is 6.47. The number of aliphatic imine (C=N–C) groups is 1. The standard InChI is InChI=1S/C16H16Cl2N4O2/c1-2-7-24-12-4-3-11(17)16(18)15(12)10-8-13(20-9-10)21-22-14(23)5-6-19/h2-4,10H,1,5,7-9H2,(H,20,21)(H,22,23). The summed E-state index contributed by atoms with van der Waals surface area (Å²) in [4.78, 5) is 15.7. The molecule has 6 nitrogen and oxygen atoms in total. The highest BCUT2D eigenvalue weighted by molar-refractivity contribution is 6.42. The lowest BCUT2D eigenvalue weighted by Crippen LogP contribution is -2.40. The van der Waals surface area contributed by atoms with Crippen LogP contribution in [0.3, 0.4) is 0 Å². The van der Waals surface area contributed by atoms with Crippen LogP contribution in [-0.2, 0) is 4.79 Å². The van der Waals surface area contributed by atoms with Crippen molar-refractivity contribution in [2.45, 2.75) is 18.8 Å². The van der Waals surface area contributed by atoms with Gasteiger partial charge in [0.25, 0.3) is 5.91 Å². The molecule has 1 aliphatic heterocycles. The van der Waals surface area contributed by atoms with Gasteiger partial charge in [-0.1, -0.05) is 35.9 Å². The fourth-order valence-corrected chi connectivity index (χ4v) is 2.80. The second kappa shape index (κ2) is 8.57. The number of nitriles is 1. The van der Waals surface area contributed by atoms with Crippen LogP contribution in [0.5, 0.6) is 5.75 Å². The number of nitrogens with one attached hydrogen (secondary N) is 2. The van der Waals surface area contributed by atoms with Crippen molar-refractivity contribution in [3.05, 3.63) is 40.4 Å². The summed E-state index contributed by atoms with van der Waals surface area (Å²) in [7, 11) is 0. The van der Waals surface area contributed by atoms with E-state index in [1.807, 2.05) is 0 Å². The van der Waals surface area contributed by atoms with E-state index >= 15 is 0 Å². The number of hydrogen-bond donors (Lipinski definition) is 2. The second-order valence-electron chi connectivity index (χ2n) is 5.07.